The first-order valence-corrected chi connectivity index (χ1v) is 5.47. The van der Waals surface area contributed by atoms with E-state index in [0.717, 1.165) is 4.47 Å². The van der Waals surface area contributed by atoms with Crippen molar-refractivity contribution in [2.75, 3.05) is 0 Å². The molecule has 1 heterocycles. The van der Waals surface area contributed by atoms with Gasteiger partial charge in [-0.2, -0.15) is 21.6 Å². The monoisotopic (exact) mass is 307 g/mol. The van der Waals surface area contributed by atoms with Gasteiger partial charge in [0.1, 0.15) is 0 Å². The van der Waals surface area contributed by atoms with Crippen LogP contribution in [0.15, 0.2) is 29.0 Å². The van der Waals surface area contributed by atoms with Gasteiger partial charge in [-0.3, -0.25) is 9.54 Å². The Morgan fingerprint density at radius 1 is 1.27 bits per heavy atom. The summed E-state index contributed by atoms with van der Waals surface area (Å²) >= 11 is 3.27. The second-order valence-electron chi connectivity index (χ2n) is 2.09. The number of nitrogens with zero attached hydrogens (tertiary/aromatic N) is 1. The molecule has 0 fully saturated rings. The third-order valence-electron chi connectivity index (χ3n) is 0.932. The zero-order chi connectivity index (χ0) is 12.1. The van der Waals surface area contributed by atoms with Gasteiger partial charge < -0.3 is 0 Å². The number of halogens is 4. The first-order valence-electron chi connectivity index (χ1n) is 3.24. The van der Waals surface area contributed by atoms with Gasteiger partial charge in [-0.05, 0) is 12.1 Å². The van der Waals surface area contributed by atoms with Gasteiger partial charge in [0.25, 0.3) is 0 Å². The van der Waals surface area contributed by atoms with E-state index in [1.807, 2.05) is 12.1 Å². The standard InChI is InChI=1S/C5H4BrN.CHF3O3S/c6-5-1-3-7-4-2-5;2-1(3,4)8(5,6)7/h1-4H;(H,5,6,7). The summed E-state index contributed by atoms with van der Waals surface area (Å²) in [7, 11) is -5.84. The van der Waals surface area contributed by atoms with Gasteiger partial charge in [0.15, 0.2) is 0 Å². The van der Waals surface area contributed by atoms with Gasteiger partial charge in [0.05, 0.1) is 0 Å². The lowest BCUT2D eigenvalue weighted by Crippen LogP contribution is -2.21. The van der Waals surface area contributed by atoms with Crippen LogP contribution < -0.4 is 0 Å². The second-order valence-corrected chi connectivity index (χ2v) is 4.41. The third-order valence-corrected chi connectivity index (χ3v) is 2.05. The second kappa shape index (κ2) is 5.42. The minimum absolute atomic E-state index is 1.07. The van der Waals surface area contributed by atoms with Crippen molar-refractivity contribution in [1.29, 1.82) is 0 Å². The quantitative estimate of drug-likeness (QED) is 0.589. The topological polar surface area (TPSA) is 67.3 Å². The summed E-state index contributed by atoms with van der Waals surface area (Å²) < 4.78 is 58.6. The van der Waals surface area contributed by atoms with E-state index >= 15 is 0 Å². The van der Waals surface area contributed by atoms with E-state index in [9.17, 15) is 13.2 Å². The molecule has 1 rings (SSSR count). The van der Waals surface area contributed by atoms with Crippen molar-refractivity contribution >= 4 is 26.0 Å². The van der Waals surface area contributed by atoms with E-state index in [-0.39, 0.29) is 0 Å². The van der Waals surface area contributed by atoms with Gasteiger partial charge in [0.2, 0.25) is 0 Å². The fraction of sp³-hybridized carbons (Fsp3) is 0.167. The lowest BCUT2D eigenvalue weighted by Gasteiger charge is -1.97. The van der Waals surface area contributed by atoms with Crippen molar-refractivity contribution in [3.8, 4) is 0 Å². The highest BCUT2D eigenvalue weighted by Gasteiger charge is 2.44. The van der Waals surface area contributed by atoms with Crippen LogP contribution in [0.1, 0.15) is 0 Å². The zero-order valence-electron chi connectivity index (χ0n) is 6.94. The Morgan fingerprint density at radius 2 is 1.60 bits per heavy atom. The Hall–Kier alpha value is -0.670. The molecule has 0 aliphatic carbocycles. The number of alkyl halides is 3. The molecule has 0 aliphatic heterocycles. The SMILES string of the molecule is Brc1ccncc1.O=S(=O)(O)C(F)(F)F. The van der Waals surface area contributed by atoms with Crippen LogP contribution in [0.25, 0.3) is 0 Å². The number of hydrogen-bond acceptors (Lipinski definition) is 3. The molecule has 1 aromatic heterocycles. The minimum Gasteiger partial charge on any atom is -0.279 e. The fourth-order valence-corrected chi connectivity index (χ4v) is 0.570. The molecule has 0 spiro atoms. The molecule has 0 unspecified atom stereocenters. The van der Waals surface area contributed by atoms with Crippen LogP contribution in [0.5, 0.6) is 0 Å². The predicted octanol–water partition coefficient (Wildman–Crippen LogP) is 2.24. The van der Waals surface area contributed by atoms with E-state index in [1.54, 1.807) is 12.4 Å². The first kappa shape index (κ1) is 14.3. The highest BCUT2D eigenvalue weighted by molar-refractivity contribution is 9.10. The number of aromatic nitrogens is 1. The molecule has 0 bridgehead atoms. The summed E-state index contributed by atoms with van der Waals surface area (Å²) in [5, 5.41) is 0. The van der Waals surface area contributed by atoms with Crippen LogP contribution in [-0.4, -0.2) is 23.5 Å². The molecule has 0 aliphatic rings. The molecule has 86 valence electrons. The highest BCUT2D eigenvalue weighted by atomic mass is 79.9. The predicted molar refractivity (Wildman–Crippen MR) is 49.5 cm³/mol. The van der Waals surface area contributed by atoms with Crippen molar-refractivity contribution in [3.63, 3.8) is 0 Å². The maximum atomic E-state index is 10.7. The van der Waals surface area contributed by atoms with Gasteiger partial charge in [0, 0.05) is 16.9 Å². The normalized spacial score (nSPS) is 11.5. The zero-order valence-corrected chi connectivity index (χ0v) is 9.34. The Balaban J connectivity index is 0.000000262. The van der Waals surface area contributed by atoms with Gasteiger partial charge in [-0.25, -0.2) is 0 Å². The van der Waals surface area contributed by atoms with E-state index < -0.39 is 15.6 Å². The molecule has 0 saturated heterocycles. The minimum atomic E-state index is -5.84. The van der Waals surface area contributed by atoms with Crippen LogP contribution in [-0.2, 0) is 10.1 Å². The molecular weight excluding hydrogens is 303 g/mol. The molecule has 0 saturated carbocycles. The van der Waals surface area contributed by atoms with Crippen LogP contribution in [0.3, 0.4) is 0 Å². The molecule has 1 N–H and O–H groups in total. The van der Waals surface area contributed by atoms with Gasteiger partial charge >= 0.3 is 15.6 Å². The summed E-state index contributed by atoms with van der Waals surface area (Å²) in [6, 6.07) is 3.78. The largest absolute Gasteiger partial charge is 0.522 e. The van der Waals surface area contributed by atoms with Gasteiger partial charge in [-0.1, -0.05) is 15.9 Å². The Morgan fingerprint density at radius 3 is 1.73 bits per heavy atom. The van der Waals surface area contributed by atoms with E-state index in [2.05, 4.69) is 20.9 Å². The average molecular weight is 308 g/mol. The molecule has 1 aromatic rings. The maximum absolute atomic E-state index is 10.7. The van der Waals surface area contributed by atoms with Crippen LogP contribution >= 0.6 is 15.9 Å². The summed E-state index contributed by atoms with van der Waals surface area (Å²) in [6.07, 6.45) is 3.48. The average Bonchev–Trinajstić information content (AvgIpc) is 2.02. The van der Waals surface area contributed by atoms with Crippen LogP contribution in [0, 0.1) is 0 Å². The molecule has 9 heteroatoms. The van der Waals surface area contributed by atoms with Crippen molar-refractivity contribution < 1.29 is 26.1 Å². The Bertz CT molecular complexity index is 392. The summed E-state index contributed by atoms with van der Waals surface area (Å²) in [5.41, 5.74) is -5.53. The smallest absolute Gasteiger partial charge is 0.279 e. The van der Waals surface area contributed by atoms with Crippen molar-refractivity contribution in [2.24, 2.45) is 0 Å². The molecule has 15 heavy (non-hydrogen) atoms. The molecular formula is C6H5BrF3NO3S. The Kier molecular flexibility index (Phi) is 5.18. The first-order chi connectivity index (χ1) is 6.64. The molecule has 4 nitrogen and oxygen atoms in total. The summed E-state index contributed by atoms with van der Waals surface area (Å²) in [5.74, 6) is 0. The third kappa shape index (κ3) is 6.42. The molecule has 0 radical (unpaired) electrons. The maximum Gasteiger partial charge on any atom is 0.522 e. The lowest BCUT2D eigenvalue weighted by atomic mass is 10.5. The molecule has 0 aromatic carbocycles. The Labute approximate surface area is 92.0 Å². The van der Waals surface area contributed by atoms with Crippen molar-refractivity contribution in [3.05, 3.63) is 29.0 Å². The summed E-state index contributed by atoms with van der Waals surface area (Å²) in [4.78, 5) is 3.82. The van der Waals surface area contributed by atoms with Crippen LogP contribution in [0.4, 0.5) is 13.2 Å². The summed E-state index contributed by atoms with van der Waals surface area (Å²) in [6.45, 7) is 0. The van der Waals surface area contributed by atoms with Crippen molar-refractivity contribution in [1.82, 2.24) is 4.98 Å². The number of hydrogen-bond donors (Lipinski definition) is 1. The highest BCUT2D eigenvalue weighted by Crippen LogP contribution is 2.20. The van der Waals surface area contributed by atoms with Crippen molar-refractivity contribution in [2.45, 2.75) is 5.51 Å². The number of rotatable bonds is 0. The van der Waals surface area contributed by atoms with Gasteiger partial charge in [-0.15, -0.1) is 0 Å². The van der Waals surface area contributed by atoms with E-state index in [4.69, 9.17) is 13.0 Å². The molecule has 0 atom stereocenters. The van der Waals surface area contributed by atoms with E-state index in [1.165, 1.54) is 0 Å². The fourth-order valence-electron chi connectivity index (χ4n) is 0.334. The molecule has 0 amide bonds. The lowest BCUT2D eigenvalue weighted by molar-refractivity contribution is -0.0510. The van der Waals surface area contributed by atoms with Crippen LogP contribution in [0.2, 0.25) is 0 Å². The van der Waals surface area contributed by atoms with E-state index in [0.29, 0.717) is 0 Å². The number of pyridine rings is 1.